The Hall–Kier alpha value is -2.27. The Morgan fingerprint density at radius 2 is 2.15 bits per heavy atom. The van der Waals surface area contributed by atoms with Gasteiger partial charge in [0.05, 0.1) is 11.6 Å². The average molecular weight is 293 g/mol. The Morgan fingerprint density at radius 1 is 1.35 bits per heavy atom. The molecule has 2 rings (SSSR count). The summed E-state index contributed by atoms with van der Waals surface area (Å²) in [6, 6.07) is 7.71. The summed E-state index contributed by atoms with van der Waals surface area (Å²) < 4.78 is 5.31. The lowest BCUT2D eigenvalue weighted by Crippen LogP contribution is -2.15. The number of nitrogens with one attached hydrogen (secondary N) is 2. The zero-order chi connectivity index (χ0) is 14.5. The zero-order valence-electron chi connectivity index (χ0n) is 10.8. The van der Waals surface area contributed by atoms with Crippen molar-refractivity contribution in [3.05, 3.63) is 57.5 Å². The van der Waals surface area contributed by atoms with Crippen molar-refractivity contribution in [3.8, 4) is 5.75 Å². The van der Waals surface area contributed by atoms with Crippen LogP contribution >= 0.6 is 11.6 Å². The molecule has 6 heteroatoms. The van der Waals surface area contributed by atoms with Crippen molar-refractivity contribution in [2.75, 3.05) is 11.9 Å². The highest BCUT2D eigenvalue weighted by atomic mass is 35.5. The van der Waals surface area contributed by atoms with Gasteiger partial charge in [0.2, 0.25) is 5.56 Å². The summed E-state index contributed by atoms with van der Waals surface area (Å²) in [5, 5.41) is 3.08. The van der Waals surface area contributed by atoms with Gasteiger partial charge in [0, 0.05) is 23.5 Å². The van der Waals surface area contributed by atoms with Crippen molar-refractivity contribution in [1.29, 1.82) is 0 Å². The van der Waals surface area contributed by atoms with Gasteiger partial charge in [-0.2, -0.15) is 0 Å². The first kappa shape index (κ1) is 14.1. The lowest BCUT2D eigenvalue weighted by atomic mass is 10.2. The van der Waals surface area contributed by atoms with Gasteiger partial charge in [-0.05, 0) is 31.2 Å². The number of hydrogen-bond acceptors (Lipinski definition) is 3. The molecule has 0 aliphatic rings. The van der Waals surface area contributed by atoms with E-state index in [4.69, 9.17) is 16.3 Å². The Labute approximate surface area is 120 Å². The fourth-order valence-corrected chi connectivity index (χ4v) is 1.88. The third-order valence-electron chi connectivity index (χ3n) is 2.53. The van der Waals surface area contributed by atoms with Gasteiger partial charge in [0.25, 0.3) is 5.91 Å². The molecule has 0 fully saturated rings. The smallest absolute Gasteiger partial charge is 0.255 e. The first-order valence-corrected chi connectivity index (χ1v) is 6.40. The van der Waals surface area contributed by atoms with Crippen LogP contribution < -0.4 is 15.6 Å². The number of aromatic nitrogens is 1. The van der Waals surface area contributed by atoms with Gasteiger partial charge in [-0.15, -0.1) is 0 Å². The second-order valence-corrected chi connectivity index (χ2v) is 4.38. The molecule has 5 nitrogen and oxygen atoms in total. The predicted molar refractivity (Wildman–Crippen MR) is 77.6 cm³/mol. The molecule has 0 spiro atoms. The molecule has 0 unspecified atom stereocenters. The molecule has 1 aromatic carbocycles. The molecule has 2 N–H and O–H groups in total. The van der Waals surface area contributed by atoms with Crippen LogP contribution in [0.4, 0.5) is 5.69 Å². The van der Waals surface area contributed by atoms with E-state index in [1.54, 1.807) is 18.2 Å². The van der Waals surface area contributed by atoms with E-state index in [0.717, 1.165) is 0 Å². The molecule has 0 saturated heterocycles. The highest BCUT2D eigenvalue weighted by Crippen LogP contribution is 2.27. The standard InChI is InChI=1S/C14H13ClN2O3/c1-2-20-12-4-3-10(8-11(12)15)17-14(19)9-5-6-16-13(18)7-9/h3-8H,2H2,1H3,(H,16,18)(H,17,19). The second kappa shape index (κ2) is 6.25. The largest absolute Gasteiger partial charge is 0.492 e. The maximum atomic E-state index is 12.0. The molecule has 0 atom stereocenters. The van der Waals surface area contributed by atoms with Gasteiger partial charge in [-0.25, -0.2) is 0 Å². The quantitative estimate of drug-likeness (QED) is 0.910. The lowest BCUT2D eigenvalue weighted by Gasteiger charge is -2.09. The minimum absolute atomic E-state index is 0.277. The number of carbonyl (C=O) groups excluding carboxylic acids is 1. The molecular weight excluding hydrogens is 280 g/mol. The number of halogens is 1. The minimum Gasteiger partial charge on any atom is -0.492 e. The van der Waals surface area contributed by atoms with Crippen molar-refractivity contribution in [3.63, 3.8) is 0 Å². The molecule has 0 aliphatic heterocycles. The third-order valence-corrected chi connectivity index (χ3v) is 2.82. The van der Waals surface area contributed by atoms with Crippen molar-refractivity contribution >= 4 is 23.2 Å². The Morgan fingerprint density at radius 3 is 2.80 bits per heavy atom. The van der Waals surface area contributed by atoms with Gasteiger partial charge < -0.3 is 15.0 Å². The molecule has 0 aliphatic carbocycles. The molecule has 1 heterocycles. The third kappa shape index (κ3) is 3.39. The van der Waals surface area contributed by atoms with Crippen LogP contribution in [-0.4, -0.2) is 17.5 Å². The van der Waals surface area contributed by atoms with Gasteiger partial charge >= 0.3 is 0 Å². The van der Waals surface area contributed by atoms with Crippen LogP contribution in [0, 0.1) is 0 Å². The van der Waals surface area contributed by atoms with E-state index >= 15 is 0 Å². The number of aromatic amines is 1. The number of rotatable bonds is 4. The van der Waals surface area contributed by atoms with E-state index in [1.807, 2.05) is 6.92 Å². The Bertz CT molecular complexity index is 682. The normalized spacial score (nSPS) is 10.1. The van der Waals surface area contributed by atoms with E-state index in [9.17, 15) is 9.59 Å². The van der Waals surface area contributed by atoms with E-state index in [2.05, 4.69) is 10.3 Å². The number of carbonyl (C=O) groups is 1. The summed E-state index contributed by atoms with van der Waals surface area (Å²) in [4.78, 5) is 25.5. The second-order valence-electron chi connectivity index (χ2n) is 3.97. The van der Waals surface area contributed by atoms with Crippen molar-refractivity contribution in [1.82, 2.24) is 4.98 Å². The maximum Gasteiger partial charge on any atom is 0.255 e. The molecule has 1 aromatic heterocycles. The van der Waals surface area contributed by atoms with Crippen LogP contribution in [-0.2, 0) is 0 Å². The van der Waals surface area contributed by atoms with Crippen LogP contribution in [0.1, 0.15) is 17.3 Å². The summed E-state index contributed by atoms with van der Waals surface area (Å²) >= 11 is 6.03. The summed E-state index contributed by atoms with van der Waals surface area (Å²) in [7, 11) is 0. The monoisotopic (exact) mass is 292 g/mol. The molecule has 0 bridgehead atoms. The molecule has 1 amide bonds. The van der Waals surface area contributed by atoms with E-state index in [-0.39, 0.29) is 17.0 Å². The number of amides is 1. The van der Waals surface area contributed by atoms with Crippen LogP contribution in [0.2, 0.25) is 5.02 Å². The molecule has 2 aromatic rings. The van der Waals surface area contributed by atoms with Gasteiger partial charge in [0.1, 0.15) is 5.75 Å². The first-order valence-electron chi connectivity index (χ1n) is 6.02. The Balaban J connectivity index is 2.16. The van der Waals surface area contributed by atoms with Crippen molar-refractivity contribution < 1.29 is 9.53 Å². The van der Waals surface area contributed by atoms with Gasteiger partial charge in [0.15, 0.2) is 0 Å². The van der Waals surface area contributed by atoms with Gasteiger partial charge in [-0.1, -0.05) is 11.6 Å². The van der Waals surface area contributed by atoms with E-state index < -0.39 is 0 Å². The highest BCUT2D eigenvalue weighted by molar-refractivity contribution is 6.32. The van der Waals surface area contributed by atoms with E-state index in [0.29, 0.717) is 23.1 Å². The average Bonchev–Trinajstić information content (AvgIpc) is 2.42. The summed E-state index contributed by atoms with van der Waals surface area (Å²) in [6.45, 7) is 2.37. The topological polar surface area (TPSA) is 71.2 Å². The molecule has 104 valence electrons. The number of benzene rings is 1. The van der Waals surface area contributed by atoms with Crippen LogP contribution in [0.25, 0.3) is 0 Å². The van der Waals surface area contributed by atoms with E-state index in [1.165, 1.54) is 18.3 Å². The molecule has 0 radical (unpaired) electrons. The number of ether oxygens (including phenoxy) is 1. The number of pyridine rings is 1. The number of anilines is 1. The van der Waals surface area contributed by atoms with Crippen molar-refractivity contribution in [2.24, 2.45) is 0 Å². The maximum absolute atomic E-state index is 12.0. The fraction of sp³-hybridized carbons (Fsp3) is 0.143. The SMILES string of the molecule is CCOc1ccc(NC(=O)c2cc[nH]c(=O)c2)cc1Cl. The summed E-state index contributed by atoms with van der Waals surface area (Å²) in [5.41, 5.74) is 0.477. The first-order chi connectivity index (χ1) is 9.60. The summed E-state index contributed by atoms with van der Waals surface area (Å²) in [6.07, 6.45) is 1.42. The van der Waals surface area contributed by atoms with Crippen molar-refractivity contribution in [2.45, 2.75) is 6.92 Å². The van der Waals surface area contributed by atoms with Crippen LogP contribution in [0.5, 0.6) is 5.75 Å². The number of hydrogen-bond donors (Lipinski definition) is 2. The van der Waals surface area contributed by atoms with Gasteiger partial charge in [-0.3, -0.25) is 9.59 Å². The molecular formula is C14H13ClN2O3. The summed E-state index contributed by atoms with van der Waals surface area (Å²) in [5.74, 6) is 0.180. The Kier molecular flexibility index (Phi) is 4.42. The molecule has 0 saturated carbocycles. The van der Waals surface area contributed by atoms with Crippen LogP contribution in [0.3, 0.4) is 0 Å². The number of H-pyrrole nitrogens is 1. The zero-order valence-corrected chi connectivity index (χ0v) is 11.5. The van der Waals surface area contributed by atoms with Crippen LogP contribution in [0.15, 0.2) is 41.3 Å². The fourth-order valence-electron chi connectivity index (χ4n) is 1.64. The minimum atomic E-state index is -0.378. The predicted octanol–water partition coefficient (Wildman–Crippen LogP) is 2.68. The lowest BCUT2D eigenvalue weighted by molar-refractivity contribution is 0.102. The highest BCUT2D eigenvalue weighted by Gasteiger charge is 2.08. The molecule has 20 heavy (non-hydrogen) atoms.